The number of nitrogens with zero attached hydrogens (tertiary/aromatic N) is 1. The van der Waals surface area contributed by atoms with Crippen molar-refractivity contribution in [1.29, 1.82) is 0 Å². The second kappa shape index (κ2) is 5.82. The number of carbonyl (C=O) groups is 1. The van der Waals surface area contributed by atoms with E-state index in [-0.39, 0.29) is 24.0 Å². The smallest absolute Gasteiger partial charge is 0.237 e. The zero-order valence-electron chi connectivity index (χ0n) is 10.9. The van der Waals surface area contributed by atoms with Crippen molar-refractivity contribution in [2.24, 2.45) is 5.73 Å². The molecule has 1 aliphatic heterocycles. The lowest BCUT2D eigenvalue weighted by Crippen LogP contribution is -2.57. The van der Waals surface area contributed by atoms with Gasteiger partial charge in [-0.25, -0.2) is 0 Å². The lowest BCUT2D eigenvalue weighted by atomic mass is 10.00. The minimum atomic E-state index is -0.108. The molecule has 1 fully saturated rings. The van der Waals surface area contributed by atoms with Crippen LogP contribution in [0.25, 0.3) is 0 Å². The lowest BCUT2D eigenvalue weighted by Gasteiger charge is -2.40. The minimum absolute atomic E-state index is 0.0667. The molecule has 0 radical (unpaired) electrons. The summed E-state index contributed by atoms with van der Waals surface area (Å²) in [4.78, 5) is 15.3. The van der Waals surface area contributed by atoms with Gasteiger partial charge in [-0.3, -0.25) is 9.69 Å². The Hall–Kier alpha value is -0.910. The van der Waals surface area contributed by atoms with E-state index in [0.29, 0.717) is 6.54 Å². The van der Waals surface area contributed by atoms with Crippen molar-refractivity contribution >= 4 is 17.2 Å². The summed E-state index contributed by atoms with van der Waals surface area (Å²) in [7, 11) is 0. The molecule has 0 saturated carbocycles. The molecule has 1 aliphatic rings. The van der Waals surface area contributed by atoms with E-state index in [4.69, 9.17) is 5.73 Å². The molecule has 100 valence electrons. The summed E-state index contributed by atoms with van der Waals surface area (Å²) in [5.41, 5.74) is 6.28. The summed E-state index contributed by atoms with van der Waals surface area (Å²) in [6, 6.07) is 4.27. The third kappa shape index (κ3) is 2.58. The maximum absolute atomic E-state index is 11.8. The van der Waals surface area contributed by atoms with E-state index in [1.165, 1.54) is 4.88 Å². The molecule has 0 spiro atoms. The van der Waals surface area contributed by atoms with E-state index in [2.05, 4.69) is 28.6 Å². The largest absolute Gasteiger partial charge is 0.353 e. The molecule has 3 N–H and O–H groups in total. The van der Waals surface area contributed by atoms with Crippen LogP contribution in [-0.2, 0) is 4.79 Å². The number of carbonyl (C=O) groups excluding carboxylic acids is 1. The first-order valence-corrected chi connectivity index (χ1v) is 7.35. The Kier molecular flexibility index (Phi) is 4.37. The van der Waals surface area contributed by atoms with Gasteiger partial charge in [-0.05, 0) is 24.8 Å². The molecular formula is C13H21N3OS. The van der Waals surface area contributed by atoms with Crippen LogP contribution >= 0.6 is 11.3 Å². The summed E-state index contributed by atoms with van der Waals surface area (Å²) < 4.78 is 0. The molecule has 1 aromatic heterocycles. The molecule has 0 aliphatic carbocycles. The highest BCUT2D eigenvalue weighted by Crippen LogP contribution is 2.30. The number of rotatable bonds is 4. The molecule has 0 aromatic carbocycles. The van der Waals surface area contributed by atoms with Gasteiger partial charge < -0.3 is 11.1 Å². The van der Waals surface area contributed by atoms with E-state index < -0.39 is 0 Å². The molecule has 1 saturated heterocycles. The molecule has 5 heteroatoms. The van der Waals surface area contributed by atoms with Gasteiger partial charge >= 0.3 is 0 Å². The fourth-order valence-electron chi connectivity index (χ4n) is 2.48. The number of amides is 1. The maximum Gasteiger partial charge on any atom is 0.237 e. The van der Waals surface area contributed by atoms with Crippen molar-refractivity contribution < 1.29 is 4.79 Å². The lowest BCUT2D eigenvalue weighted by molar-refractivity contribution is -0.129. The van der Waals surface area contributed by atoms with Gasteiger partial charge in [0.15, 0.2) is 0 Å². The summed E-state index contributed by atoms with van der Waals surface area (Å²) in [6.07, 6.45) is 0.910. The monoisotopic (exact) mass is 267 g/mol. The molecule has 3 atom stereocenters. The zero-order valence-corrected chi connectivity index (χ0v) is 11.7. The predicted molar refractivity (Wildman–Crippen MR) is 74.5 cm³/mol. The number of piperazine rings is 1. The van der Waals surface area contributed by atoms with Crippen LogP contribution in [0.4, 0.5) is 0 Å². The van der Waals surface area contributed by atoms with Crippen LogP contribution in [0.2, 0.25) is 0 Å². The fraction of sp³-hybridized carbons (Fsp3) is 0.615. The predicted octanol–water partition coefficient (Wildman–Crippen LogP) is 1.35. The number of nitrogens with two attached hydrogens (primary N) is 1. The molecule has 18 heavy (non-hydrogen) atoms. The first-order valence-electron chi connectivity index (χ1n) is 6.47. The van der Waals surface area contributed by atoms with Crippen molar-refractivity contribution in [1.82, 2.24) is 10.2 Å². The standard InChI is InChI=1S/C13H21N3OS/c1-3-10(14)12(11-5-4-8-18-11)16-7-6-15-13(17)9(16)2/h4-5,8-10,12H,3,6-7,14H2,1-2H3,(H,15,17). The maximum atomic E-state index is 11.8. The summed E-state index contributed by atoms with van der Waals surface area (Å²) in [5.74, 6) is 0.103. The number of nitrogens with one attached hydrogen (secondary N) is 1. The Morgan fingerprint density at radius 2 is 2.44 bits per heavy atom. The average molecular weight is 267 g/mol. The summed E-state index contributed by atoms with van der Waals surface area (Å²) in [6.45, 7) is 5.63. The van der Waals surface area contributed by atoms with Crippen LogP contribution in [0.3, 0.4) is 0 Å². The second-order valence-electron chi connectivity index (χ2n) is 4.74. The van der Waals surface area contributed by atoms with Crippen LogP contribution in [0.1, 0.15) is 31.2 Å². The van der Waals surface area contributed by atoms with Crippen molar-refractivity contribution in [2.75, 3.05) is 13.1 Å². The van der Waals surface area contributed by atoms with Crippen LogP contribution in [0.15, 0.2) is 17.5 Å². The van der Waals surface area contributed by atoms with Gasteiger partial charge in [0, 0.05) is 24.0 Å². The number of thiophene rings is 1. The Morgan fingerprint density at radius 3 is 3.06 bits per heavy atom. The molecule has 0 bridgehead atoms. The van der Waals surface area contributed by atoms with Gasteiger partial charge in [0.1, 0.15) is 0 Å². The Bertz CT molecular complexity index is 393. The average Bonchev–Trinajstić information content (AvgIpc) is 2.88. The third-order valence-electron chi connectivity index (χ3n) is 3.62. The molecule has 3 unspecified atom stereocenters. The molecule has 1 aromatic rings. The van der Waals surface area contributed by atoms with Gasteiger partial charge in [-0.2, -0.15) is 0 Å². The highest BCUT2D eigenvalue weighted by molar-refractivity contribution is 7.10. The fourth-order valence-corrected chi connectivity index (χ4v) is 3.40. The SMILES string of the molecule is CCC(N)C(c1cccs1)N1CCNC(=O)C1C. The first kappa shape index (κ1) is 13.5. The normalized spacial score (nSPS) is 24.6. The summed E-state index contributed by atoms with van der Waals surface area (Å²) in [5, 5.41) is 4.97. The second-order valence-corrected chi connectivity index (χ2v) is 5.72. The van der Waals surface area contributed by atoms with E-state index in [0.717, 1.165) is 13.0 Å². The molecule has 2 heterocycles. The van der Waals surface area contributed by atoms with Crippen LogP contribution in [0.5, 0.6) is 0 Å². The quantitative estimate of drug-likeness (QED) is 0.865. The van der Waals surface area contributed by atoms with Gasteiger partial charge in [-0.15, -0.1) is 11.3 Å². The van der Waals surface area contributed by atoms with Crippen molar-refractivity contribution in [3.05, 3.63) is 22.4 Å². The molecular weight excluding hydrogens is 246 g/mol. The minimum Gasteiger partial charge on any atom is -0.353 e. The Balaban J connectivity index is 2.26. The Labute approximate surface area is 112 Å². The highest BCUT2D eigenvalue weighted by atomic mass is 32.1. The van der Waals surface area contributed by atoms with Crippen molar-refractivity contribution in [2.45, 2.75) is 38.4 Å². The van der Waals surface area contributed by atoms with E-state index in [1.54, 1.807) is 11.3 Å². The summed E-state index contributed by atoms with van der Waals surface area (Å²) >= 11 is 1.72. The number of hydrogen-bond acceptors (Lipinski definition) is 4. The highest BCUT2D eigenvalue weighted by Gasteiger charge is 2.35. The molecule has 4 nitrogen and oxygen atoms in total. The molecule has 1 amide bonds. The topological polar surface area (TPSA) is 58.4 Å². The van der Waals surface area contributed by atoms with E-state index in [1.807, 2.05) is 13.0 Å². The van der Waals surface area contributed by atoms with Crippen molar-refractivity contribution in [3.63, 3.8) is 0 Å². The van der Waals surface area contributed by atoms with Crippen LogP contribution in [-0.4, -0.2) is 36.0 Å². The van der Waals surface area contributed by atoms with Crippen LogP contribution < -0.4 is 11.1 Å². The van der Waals surface area contributed by atoms with Gasteiger partial charge in [0.05, 0.1) is 12.1 Å². The third-order valence-corrected chi connectivity index (χ3v) is 4.56. The van der Waals surface area contributed by atoms with Gasteiger partial charge in [-0.1, -0.05) is 13.0 Å². The van der Waals surface area contributed by atoms with E-state index in [9.17, 15) is 4.79 Å². The van der Waals surface area contributed by atoms with Crippen molar-refractivity contribution in [3.8, 4) is 0 Å². The Morgan fingerprint density at radius 1 is 1.67 bits per heavy atom. The number of hydrogen-bond donors (Lipinski definition) is 2. The van der Waals surface area contributed by atoms with Gasteiger partial charge in [0.25, 0.3) is 0 Å². The molecule has 2 rings (SSSR count). The van der Waals surface area contributed by atoms with E-state index >= 15 is 0 Å². The van der Waals surface area contributed by atoms with Gasteiger partial charge in [0.2, 0.25) is 5.91 Å². The van der Waals surface area contributed by atoms with Crippen LogP contribution in [0, 0.1) is 0 Å². The first-order chi connectivity index (χ1) is 8.65. The zero-order chi connectivity index (χ0) is 13.1.